The van der Waals surface area contributed by atoms with Gasteiger partial charge in [0.2, 0.25) is 0 Å². The summed E-state index contributed by atoms with van der Waals surface area (Å²) in [6.07, 6.45) is 5.95. The average Bonchev–Trinajstić information content (AvgIpc) is 3.06. The summed E-state index contributed by atoms with van der Waals surface area (Å²) in [5.74, 6) is -1.03. The Morgan fingerprint density at radius 3 is 2.80 bits per heavy atom. The number of nitrogens with one attached hydrogen (secondary N) is 1. The Morgan fingerprint density at radius 2 is 2.20 bits per heavy atom. The number of thiophene rings is 1. The smallest absolute Gasteiger partial charge is 0.338 e. The van der Waals surface area contributed by atoms with Crippen molar-refractivity contribution in [3.8, 4) is 0 Å². The van der Waals surface area contributed by atoms with E-state index in [0.29, 0.717) is 11.5 Å². The Balaban J connectivity index is 2.09. The van der Waals surface area contributed by atoms with Crippen molar-refractivity contribution in [1.29, 1.82) is 0 Å². The van der Waals surface area contributed by atoms with Gasteiger partial charge in [0.05, 0.1) is 5.56 Å². The topological polar surface area (TPSA) is 69.6 Å². The third-order valence-electron chi connectivity index (χ3n) is 3.47. The van der Waals surface area contributed by atoms with E-state index < -0.39 is 5.97 Å². The van der Waals surface area contributed by atoms with Crippen molar-refractivity contribution in [3.63, 3.8) is 0 Å². The number of rotatable bonds is 5. The average molecular weight is 294 g/mol. The van der Waals surface area contributed by atoms with Gasteiger partial charge in [0.1, 0.15) is 5.00 Å². The maximum atomic E-state index is 12.3. The van der Waals surface area contributed by atoms with Crippen molar-refractivity contribution in [1.82, 2.24) is 4.90 Å². The van der Waals surface area contributed by atoms with Crippen LogP contribution < -0.4 is 5.32 Å². The maximum Gasteiger partial charge on any atom is 0.338 e. The van der Waals surface area contributed by atoms with Gasteiger partial charge in [0, 0.05) is 12.6 Å². The van der Waals surface area contributed by atoms with Crippen LogP contribution in [-0.4, -0.2) is 34.6 Å². The lowest BCUT2D eigenvalue weighted by molar-refractivity contribution is 0.0698. The minimum absolute atomic E-state index is 0.133. The highest BCUT2D eigenvalue weighted by atomic mass is 32.1. The number of hydrogen-bond donors (Lipinski definition) is 2. The van der Waals surface area contributed by atoms with Gasteiger partial charge in [-0.15, -0.1) is 17.9 Å². The number of carbonyl (C=O) groups is 2. The number of urea groups is 1. The molecule has 0 aromatic carbocycles. The van der Waals surface area contributed by atoms with Crippen molar-refractivity contribution < 1.29 is 14.7 Å². The van der Waals surface area contributed by atoms with Crippen molar-refractivity contribution in [2.75, 3.05) is 11.9 Å². The van der Waals surface area contributed by atoms with Crippen molar-refractivity contribution in [3.05, 3.63) is 29.7 Å². The molecule has 0 atom stereocenters. The van der Waals surface area contributed by atoms with Gasteiger partial charge in [-0.3, -0.25) is 5.32 Å². The van der Waals surface area contributed by atoms with Crippen LogP contribution in [0.1, 0.15) is 36.0 Å². The quantitative estimate of drug-likeness (QED) is 0.818. The molecule has 0 saturated heterocycles. The first-order chi connectivity index (χ1) is 9.63. The van der Waals surface area contributed by atoms with Gasteiger partial charge in [0.15, 0.2) is 0 Å². The van der Waals surface area contributed by atoms with E-state index in [0.717, 1.165) is 25.7 Å². The fourth-order valence-corrected chi connectivity index (χ4v) is 3.26. The third-order valence-corrected chi connectivity index (χ3v) is 4.30. The van der Waals surface area contributed by atoms with Crippen molar-refractivity contribution in [2.24, 2.45) is 0 Å². The lowest BCUT2D eigenvalue weighted by atomic mass is 10.2. The van der Waals surface area contributed by atoms with Gasteiger partial charge in [0.25, 0.3) is 0 Å². The van der Waals surface area contributed by atoms with E-state index in [1.54, 1.807) is 16.4 Å². The molecular weight excluding hydrogens is 276 g/mol. The summed E-state index contributed by atoms with van der Waals surface area (Å²) >= 11 is 1.22. The van der Waals surface area contributed by atoms with Gasteiger partial charge in [-0.05, 0) is 24.3 Å². The van der Waals surface area contributed by atoms with Crippen LogP contribution in [0.4, 0.5) is 9.80 Å². The first kappa shape index (κ1) is 14.6. The van der Waals surface area contributed by atoms with E-state index in [9.17, 15) is 9.59 Å². The molecule has 1 heterocycles. The largest absolute Gasteiger partial charge is 0.478 e. The number of carbonyl (C=O) groups excluding carboxylic acids is 1. The molecule has 108 valence electrons. The number of hydrogen-bond acceptors (Lipinski definition) is 3. The molecular formula is C14H18N2O3S. The predicted octanol–water partition coefficient (Wildman–Crippen LogP) is 3.41. The molecule has 2 N–H and O–H groups in total. The molecule has 5 nitrogen and oxygen atoms in total. The van der Waals surface area contributed by atoms with E-state index in [4.69, 9.17) is 5.11 Å². The summed E-state index contributed by atoms with van der Waals surface area (Å²) in [7, 11) is 0. The predicted molar refractivity (Wildman–Crippen MR) is 79.5 cm³/mol. The lowest BCUT2D eigenvalue weighted by Gasteiger charge is -2.27. The van der Waals surface area contributed by atoms with Gasteiger partial charge in [-0.2, -0.15) is 0 Å². The fourth-order valence-electron chi connectivity index (χ4n) is 2.50. The summed E-state index contributed by atoms with van der Waals surface area (Å²) in [4.78, 5) is 25.1. The number of aromatic carboxylic acids is 1. The molecule has 1 aliphatic carbocycles. The first-order valence-corrected chi connectivity index (χ1v) is 7.50. The van der Waals surface area contributed by atoms with Gasteiger partial charge < -0.3 is 10.0 Å². The van der Waals surface area contributed by atoms with E-state index in [2.05, 4.69) is 11.9 Å². The summed E-state index contributed by atoms with van der Waals surface area (Å²) in [5.41, 5.74) is 0.133. The number of nitrogens with zero attached hydrogens (tertiary/aromatic N) is 1. The minimum Gasteiger partial charge on any atom is -0.478 e. The molecule has 0 radical (unpaired) electrons. The Hall–Kier alpha value is -1.82. The summed E-state index contributed by atoms with van der Waals surface area (Å²) < 4.78 is 0. The molecule has 1 aliphatic rings. The second-order valence-corrected chi connectivity index (χ2v) is 5.69. The highest BCUT2D eigenvalue weighted by Crippen LogP contribution is 2.27. The van der Waals surface area contributed by atoms with Crippen molar-refractivity contribution in [2.45, 2.75) is 31.7 Å². The first-order valence-electron chi connectivity index (χ1n) is 6.62. The molecule has 2 amide bonds. The van der Waals surface area contributed by atoms with Crippen LogP contribution in [0.25, 0.3) is 0 Å². The number of carboxylic acids is 1. The van der Waals surface area contributed by atoms with Crippen LogP contribution in [0.2, 0.25) is 0 Å². The van der Waals surface area contributed by atoms with Gasteiger partial charge in [-0.1, -0.05) is 18.9 Å². The SMILES string of the molecule is C=CCN(C(=O)Nc1sccc1C(=O)O)C1CCCC1. The highest BCUT2D eigenvalue weighted by Gasteiger charge is 2.26. The number of carboxylic acid groups (broad SMARTS) is 1. The molecule has 1 aromatic heterocycles. The summed E-state index contributed by atoms with van der Waals surface area (Å²) in [6, 6.07) is 1.47. The van der Waals surface area contributed by atoms with Crippen LogP contribution in [0.5, 0.6) is 0 Å². The molecule has 1 saturated carbocycles. The molecule has 0 bridgehead atoms. The molecule has 1 fully saturated rings. The van der Waals surface area contributed by atoms with Crippen LogP contribution in [0.3, 0.4) is 0 Å². The zero-order valence-corrected chi connectivity index (χ0v) is 12.0. The third kappa shape index (κ3) is 3.19. The Morgan fingerprint density at radius 1 is 1.50 bits per heavy atom. The standard InChI is InChI=1S/C14H18N2O3S/c1-2-8-16(10-5-3-4-6-10)14(19)15-12-11(13(17)18)7-9-20-12/h2,7,9-10H,1,3-6,8H2,(H,15,19)(H,17,18). The molecule has 2 rings (SSSR count). The van der Waals surface area contributed by atoms with Gasteiger partial charge in [-0.25, -0.2) is 9.59 Å². The van der Waals surface area contributed by atoms with Crippen LogP contribution >= 0.6 is 11.3 Å². The molecule has 0 unspecified atom stereocenters. The zero-order valence-electron chi connectivity index (χ0n) is 11.2. The molecule has 0 spiro atoms. The Kier molecular flexibility index (Phi) is 4.79. The highest BCUT2D eigenvalue weighted by molar-refractivity contribution is 7.14. The second-order valence-electron chi connectivity index (χ2n) is 4.78. The minimum atomic E-state index is -1.03. The Bertz CT molecular complexity index is 506. The summed E-state index contributed by atoms with van der Waals surface area (Å²) in [5, 5.41) is 13.8. The second kappa shape index (κ2) is 6.56. The summed E-state index contributed by atoms with van der Waals surface area (Å²) in [6.45, 7) is 4.16. The van der Waals surface area contributed by atoms with E-state index in [1.165, 1.54) is 17.4 Å². The van der Waals surface area contributed by atoms with E-state index in [-0.39, 0.29) is 17.6 Å². The molecule has 0 aliphatic heterocycles. The molecule has 1 aromatic rings. The zero-order chi connectivity index (χ0) is 14.5. The van der Waals surface area contributed by atoms with Crippen LogP contribution in [0, 0.1) is 0 Å². The van der Waals surface area contributed by atoms with Gasteiger partial charge >= 0.3 is 12.0 Å². The number of anilines is 1. The van der Waals surface area contributed by atoms with E-state index in [1.807, 2.05) is 0 Å². The monoisotopic (exact) mass is 294 g/mol. The normalized spacial score (nSPS) is 15.0. The number of amides is 2. The lowest BCUT2D eigenvalue weighted by Crippen LogP contribution is -2.41. The van der Waals surface area contributed by atoms with Crippen LogP contribution in [-0.2, 0) is 0 Å². The maximum absolute atomic E-state index is 12.3. The van der Waals surface area contributed by atoms with E-state index >= 15 is 0 Å². The van der Waals surface area contributed by atoms with Crippen LogP contribution in [0.15, 0.2) is 24.1 Å². The molecule has 6 heteroatoms. The Labute approximate surface area is 121 Å². The van der Waals surface area contributed by atoms with Crippen molar-refractivity contribution >= 4 is 28.3 Å². The fraction of sp³-hybridized carbons (Fsp3) is 0.429. The molecule has 20 heavy (non-hydrogen) atoms.